The van der Waals surface area contributed by atoms with Gasteiger partial charge in [0, 0.05) is 22.8 Å². The number of thiophene rings is 1. The van der Waals surface area contributed by atoms with E-state index in [2.05, 4.69) is 18.8 Å². The Labute approximate surface area is 115 Å². The third-order valence-corrected chi connectivity index (χ3v) is 4.80. The van der Waals surface area contributed by atoms with Crippen molar-refractivity contribution in [1.29, 1.82) is 0 Å². The van der Waals surface area contributed by atoms with Crippen LogP contribution in [0.2, 0.25) is 0 Å². The Bertz CT molecular complexity index is 668. The molecule has 0 bridgehead atoms. The highest BCUT2D eigenvalue weighted by atomic mass is 32.1. The molecule has 3 rings (SSSR count). The summed E-state index contributed by atoms with van der Waals surface area (Å²) in [6.45, 7) is 4.19. The fourth-order valence-corrected chi connectivity index (χ4v) is 4.03. The van der Waals surface area contributed by atoms with Crippen LogP contribution < -0.4 is 0 Å². The van der Waals surface area contributed by atoms with Gasteiger partial charge in [-0.15, -0.1) is 11.3 Å². The van der Waals surface area contributed by atoms with Crippen LogP contribution in [0.5, 0.6) is 0 Å². The number of hydrogen-bond donors (Lipinski definition) is 1. The van der Waals surface area contributed by atoms with Crippen molar-refractivity contribution in [1.82, 2.24) is 9.55 Å². The maximum atomic E-state index is 11.2. The Morgan fingerprint density at radius 2 is 2.37 bits per heavy atom. The van der Waals surface area contributed by atoms with Gasteiger partial charge in [0.1, 0.15) is 5.00 Å². The summed E-state index contributed by atoms with van der Waals surface area (Å²) in [5.74, 6) is -0.563. The van der Waals surface area contributed by atoms with E-state index in [1.807, 2.05) is 16.8 Å². The molecule has 1 aliphatic carbocycles. The fraction of sp³-hybridized carbons (Fsp3) is 0.286. The first-order valence-corrected chi connectivity index (χ1v) is 6.95. The van der Waals surface area contributed by atoms with Crippen LogP contribution in [0.1, 0.15) is 35.3 Å². The van der Waals surface area contributed by atoms with E-state index < -0.39 is 5.97 Å². The van der Waals surface area contributed by atoms with E-state index >= 15 is 0 Å². The minimum Gasteiger partial charge on any atom is -0.478 e. The molecule has 0 aliphatic heterocycles. The van der Waals surface area contributed by atoms with Gasteiger partial charge >= 0.3 is 5.97 Å². The molecule has 0 aromatic carbocycles. The molecule has 2 aromatic heterocycles. The molecule has 1 aliphatic rings. The van der Waals surface area contributed by atoms with E-state index in [1.54, 1.807) is 23.9 Å². The Hall–Kier alpha value is -1.88. The second kappa shape index (κ2) is 4.35. The SMILES string of the molecule is Cc1c(-n2ccnc2)sc2c1C(C)CC(C(=O)O)=C2. The highest BCUT2D eigenvalue weighted by Crippen LogP contribution is 2.42. The standard InChI is InChI=1S/C14H14N2O2S/c1-8-5-10(14(17)18)6-11-12(8)9(2)13(19-11)16-4-3-15-7-16/h3-4,6-8H,5H2,1-2H3,(H,17,18). The van der Waals surface area contributed by atoms with Gasteiger partial charge in [-0.05, 0) is 36.5 Å². The highest BCUT2D eigenvalue weighted by Gasteiger charge is 2.26. The molecule has 0 fully saturated rings. The number of imidazole rings is 1. The van der Waals surface area contributed by atoms with Gasteiger partial charge in [-0.2, -0.15) is 0 Å². The number of fused-ring (bicyclic) bond motifs is 1. The van der Waals surface area contributed by atoms with Gasteiger partial charge in [-0.25, -0.2) is 9.78 Å². The second-order valence-electron chi connectivity index (χ2n) is 4.86. The van der Waals surface area contributed by atoms with Gasteiger partial charge in [0.25, 0.3) is 0 Å². The zero-order valence-corrected chi connectivity index (χ0v) is 11.6. The lowest BCUT2D eigenvalue weighted by Gasteiger charge is -2.18. The van der Waals surface area contributed by atoms with Crippen molar-refractivity contribution in [2.75, 3.05) is 0 Å². The van der Waals surface area contributed by atoms with Gasteiger partial charge in [0.05, 0.1) is 6.33 Å². The molecule has 0 spiro atoms. The molecule has 2 heterocycles. The molecule has 0 saturated carbocycles. The zero-order chi connectivity index (χ0) is 13.6. The summed E-state index contributed by atoms with van der Waals surface area (Å²) in [5, 5.41) is 10.3. The minimum absolute atomic E-state index is 0.250. The summed E-state index contributed by atoms with van der Waals surface area (Å²) in [4.78, 5) is 16.3. The van der Waals surface area contributed by atoms with E-state index in [0.29, 0.717) is 12.0 Å². The van der Waals surface area contributed by atoms with Crippen LogP contribution in [-0.2, 0) is 4.79 Å². The Morgan fingerprint density at radius 1 is 1.58 bits per heavy atom. The molecule has 1 N–H and O–H groups in total. The number of hydrogen-bond acceptors (Lipinski definition) is 3. The molecule has 0 radical (unpaired) electrons. The number of aromatic nitrogens is 2. The number of aliphatic carboxylic acids is 1. The highest BCUT2D eigenvalue weighted by molar-refractivity contribution is 7.15. The third-order valence-electron chi connectivity index (χ3n) is 3.53. The summed E-state index contributed by atoms with van der Waals surface area (Å²) in [6.07, 6.45) is 7.85. The summed E-state index contributed by atoms with van der Waals surface area (Å²) in [6, 6.07) is 0. The Balaban J connectivity index is 2.16. The van der Waals surface area contributed by atoms with Crippen LogP contribution in [0.4, 0.5) is 0 Å². The Morgan fingerprint density at radius 3 is 3.00 bits per heavy atom. The average Bonchev–Trinajstić information content (AvgIpc) is 2.96. The lowest BCUT2D eigenvalue weighted by Crippen LogP contribution is -2.09. The molecule has 0 amide bonds. The van der Waals surface area contributed by atoms with Gasteiger partial charge < -0.3 is 5.11 Å². The van der Waals surface area contributed by atoms with Gasteiger partial charge in [-0.1, -0.05) is 6.92 Å². The number of carbonyl (C=O) groups is 1. The molecule has 1 unspecified atom stereocenters. The molecule has 0 saturated heterocycles. The minimum atomic E-state index is -0.812. The first kappa shape index (κ1) is 12.2. The lowest BCUT2D eigenvalue weighted by atomic mass is 9.86. The first-order valence-electron chi connectivity index (χ1n) is 6.13. The zero-order valence-electron chi connectivity index (χ0n) is 10.8. The van der Waals surface area contributed by atoms with Gasteiger partial charge in [0.15, 0.2) is 0 Å². The van der Waals surface area contributed by atoms with Crippen LogP contribution >= 0.6 is 11.3 Å². The van der Waals surface area contributed by atoms with Crippen molar-refractivity contribution in [3.05, 3.63) is 40.3 Å². The normalized spacial score (nSPS) is 18.0. The van der Waals surface area contributed by atoms with E-state index in [-0.39, 0.29) is 5.92 Å². The van der Waals surface area contributed by atoms with Crippen molar-refractivity contribution in [2.24, 2.45) is 0 Å². The number of carboxylic acid groups (broad SMARTS) is 1. The molecule has 1 atom stereocenters. The molecule has 98 valence electrons. The van der Waals surface area contributed by atoms with E-state index in [1.165, 1.54) is 11.1 Å². The molecule has 4 nitrogen and oxygen atoms in total. The van der Waals surface area contributed by atoms with Crippen molar-refractivity contribution in [3.8, 4) is 5.00 Å². The maximum Gasteiger partial charge on any atom is 0.331 e. The van der Waals surface area contributed by atoms with E-state index in [9.17, 15) is 4.79 Å². The first-order chi connectivity index (χ1) is 9.08. The van der Waals surface area contributed by atoms with Crippen LogP contribution in [0.15, 0.2) is 24.3 Å². The number of carboxylic acids is 1. The maximum absolute atomic E-state index is 11.2. The average molecular weight is 274 g/mol. The summed E-state index contributed by atoms with van der Waals surface area (Å²) in [7, 11) is 0. The smallest absolute Gasteiger partial charge is 0.331 e. The predicted molar refractivity (Wildman–Crippen MR) is 74.8 cm³/mol. The van der Waals surface area contributed by atoms with Crippen LogP contribution in [0.3, 0.4) is 0 Å². The third kappa shape index (κ3) is 1.90. The van der Waals surface area contributed by atoms with E-state index in [4.69, 9.17) is 5.11 Å². The van der Waals surface area contributed by atoms with Crippen LogP contribution in [0.25, 0.3) is 11.1 Å². The molecule has 2 aromatic rings. The van der Waals surface area contributed by atoms with Crippen molar-refractivity contribution < 1.29 is 9.90 Å². The van der Waals surface area contributed by atoms with Crippen LogP contribution in [0, 0.1) is 6.92 Å². The van der Waals surface area contributed by atoms with Gasteiger partial charge in [-0.3, -0.25) is 4.57 Å². The number of rotatable bonds is 2. The molecular formula is C14H14N2O2S. The quantitative estimate of drug-likeness (QED) is 0.914. The summed E-state index contributed by atoms with van der Waals surface area (Å²) in [5.41, 5.74) is 3.00. The second-order valence-corrected chi connectivity index (χ2v) is 5.89. The Kier molecular flexibility index (Phi) is 2.78. The van der Waals surface area contributed by atoms with E-state index in [0.717, 1.165) is 9.88 Å². The molecule has 5 heteroatoms. The lowest BCUT2D eigenvalue weighted by molar-refractivity contribution is -0.132. The topological polar surface area (TPSA) is 55.1 Å². The van der Waals surface area contributed by atoms with Gasteiger partial charge in [0.2, 0.25) is 0 Å². The fourth-order valence-electron chi connectivity index (χ4n) is 2.68. The largest absolute Gasteiger partial charge is 0.478 e. The van der Waals surface area contributed by atoms with Crippen molar-refractivity contribution >= 4 is 23.4 Å². The summed E-state index contributed by atoms with van der Waals surface area (Å²) >= 11 is 1.63. The van der Waals surface area contributed by atoms with Crippen molar-refractivity contribution in [2.45, 2.75) is 26.2 Å². The van der Waals surface area contributed by atoms with Crippen LogP contribution in [-0.4, -0.2) is 20.6 Å². The van der Waals surface area contributed by atoms with Crippen molar-refractivity contribution in [3.63, 3.8) is 0 Å². The summed E-state index contributed by atoms with van der Waals surface area (Å²) < 4.78 is 1.99. The predicted octanol–water partition coefficient (Wildman–Crippen LogP) is 3.22. The molecular weight excluding hydrogens is 260 g/mol. The number of nitrogens with zero attached hydrogens (tertiary/aromatic N) is 2. The monoisotopic (exact) mass is 274 g/mol. The molecule has 19 heavy (non-hydrogen) atoms.